The highest BCUT2D eigenvalue weighted by molar-refractivity contribution is 8.00. The van der Waals surface area contributed by atoms with Crippen molar-refractivity contribution in [3.63, 3.8) is 0 Å². The van der Waals surface area contributed by atoms with Crippen molar-refractivity contribution in [2.75, 3.05) is 26.5 Å². The van der Waals surface area contributed by atoms with Crippen molar-refractivity contribution in [3.05, 3.63) is 0 Å². The van der Waals surface area contributed by atoms with Crippen LogP contribution in [0.1, 0.15) is 38.5 Å². The number of esters is 1. The third-order valence-corrected chi connectivity index (χ3v) is 5.70. The summed E-state index contributed by atoms with van der Waals surface area (Å²) in [7, 11) is 1.49. The minimum atomic E-state index is -0.0525. The monoisotopic (exact) mass is 257 g/mol. The maximum Gasteiger partial charge on any atom is 0.323 e. The number of likely N-dealkylation sites (tertiary alicyclic amines) is 1. The smallest absolute Gasteiger partial charge is 0.323 e. The predicted molar refractivity (Wildman–Crippen MR) is 71.3 cm³/mol. The van der Waals surface area contributed by atoms with E-state index in [2.05, 4.69) is 11.2 Å². The highest BCUT2D eigenvalue weighted by Gasteiger charge is 2.41. The van der Waals surface area contributed by atoms with Crippen LogP contribution in [0.3, 0.4) is 0 Å². The number of hydrogen-bond donors (Lipinski definition) is 0. The van der Waals surface area contributed by atoms with Gasteiger partial charge in [0.15, 0.2) is 0 Å². The topological polar surface area (TPSA) is 29.5 Å². The number of rotatable bonds is 4. The molecule has 4 heteroatoms. The van der Waals surface area contributed by atoms with Gasteiger partial charge < -0.3 is 4.74 Å². The SMILES string of the molecule is COC(=O)C1CCN1CC1(SC)CCCCC1. The lowest BCUT2D eigenvalue weighted by Crippen LogP contribution is -2.57. The van der Waals surface area contributed by atoms with Crippen molar-refractivity contribution in [1.29, 1.82) is 0 Å². The first-order chi connectivity index (χ1) is 8.21. The molecule has 1 unspecified atom stereocenters. The van der Waals surface area contributed by atoms with Crippen LogP contribution in [0.5, 0.6) is 0 Å². The molecule has 0 aromatic rings. The Balaban J connectivity index is 1.92. The average Bonchev–Trinajstić information content (AvgIpc) is 2.35. The van der Waals surface area contributed by atoms with E-state index in [0.717, 1.165) is 19.5 Å². The number of methoxy groups -OCH3 is 1. The van der Waals surface area contributed by atoms with Crippen LogP contribution in [0.15, 0.2) is 0 Å². The molecular weight excluding hydrogens is 234 g/mol. The van der Waals surface area contributed by atoms with Gasteiger partial charge in [0.1, 0.15) is 6.04 Å². The van der Waals surface area contributed by atoms with E-state index in [1.165, 1.54) is 39.2 Å². The summed E-state index contributed by atoms with van der Waals surface area (Å²) in [4.78, 5) is 13.9. The summed E-state index contributed by atoms with van der Waals surface area (Å²) in [6.07, 6.45) is 9.87. The molecule has 98 valence electrons. The Bertz CT molecular complexity index is 277. The quantitative estimate of drug-likeness (QED) is 0.723. The normalized spacial score (nSPS) is 28.5. The van der Waals surface area contributed by atoms with Crippen molar-refractivity contribution < 1.29 is 9.53 Å². The van der Waals surface area contributed by atoms with Crippen molar-refractivity contribution in [2.45, 2.75) is 49.3 Å². The second-order valence-corrected chi connectivity index (χ2v) is 6.52. The van der Waals surface area contributed by atoms with Gasteiger partial charge in [0.2, 0.25) is 0 Å². The highest BCUT2D eigenvalue weighted by Crippen LogP contribution is 2.40. The Labute approximate surface area is 108 Å². The number of ether oxygens (including phenoxy) is 1. The lowest BCUT2D eigenvalue weighted by molar-refractivity contribution is -0.152. The molecule has 0 amide bonds. The molecule has 2 fully saturated rings. The van der Waals surface area contributed by atoms with Crippen molar-refractivity contribution >= 4 is 17.7 Å². The van der Waals surface area contributed by atoms with E-state index < -0.39 is 0 Å². The standard InChI is InChI=1S/C13H23NO2S/c1-16-12(15)11-6-9-14(11)10-13(17-2)7-4-3-5-8-13/h11H,3-10H2,1-2H3. The second kappa shape index (κ2) is 5.61. The van der Waals surface area contributed by atoms with E-state index in [-0.39, 0.29) is 12.0 Å². The number of carbonyl (C=O) groups is 1. The van der Waals surface area contributed by atoms with Crippen LogP contribution in [0.25, 0.3) is 0 Å². The van der Waals surface area contributed by atoms with Crippen molar-refractivity contribution in [3.8, 4) is 0 Å². The number of carbonyl (C=O) groups excluding carboxylic acids is 1. The summed E-state index contributed by atoms with van der Waals surface area (Å²) in [5.41, 5.74) is 0. The van der Waals surface area contributed by atoms with Gasteiger partial charge >= 0.3 is 5.97 Å². The van der Waals surface area contributed by atoms with Gasteiger partial charge in [-0.2, -0.15) is 11.8 Å². The van der Waals surface area contributed by atoms with Crippen LogP contribution in [-0.2, 0) is 9.53 Å². The molecule has 1 aliphatic heterocycles. The largest absolute Gasteiger partial charge is 0.468 e. The molecule has 0 aromatic heterocycles. The maximum absolute atomic E-state index is 11.6. The first kappa shape index (κ1) is 13.2. The first-order valence-electron chi connectivity index (χ1n) is 6.58. The van der Waals surface area contributed by atoms with Gasteiger partial charge in [-0.15, -0.1) is 0 Å². The van der Waals surface area contributed by atoms with E-state index in [4.69, 9.17) is 4.74 Å². The molecule has 1 heterocycles. The van der Waals surface area contributed by atoms with Crippen LogP contribution in [0, 0.1) is 0 Å². The Morgan fingerprint density at radius 3 is 2.59 bits per heavy atom. The van der Waals surface area contributed by atoms with Gasteiger partial charge in [0, 0.05) is 17.8 Å². The predicted octanol–water partition coefficient (Wildman–Crippen LogP) is 2.30. The molecule has 1 atom stereocenters. The summed E-state index contributed by atoms with van der Waals surface area (Å²) in [5, 5.41) is 0. The molecule has 0 N–H and O–H groups in total. The van der Waals surface area contributed by atoms with Crippen LogP contribution >= 0.6 is 11.8 Å². The Morgan fingerprint density at radius 2 is 2.12 bits per heavy atom. The number of nitrogens with zero attached hydrogens (tertiary/aromatic N) is 1. The molecule has 2 aliphatic rings. The summed E-state index contributed by atoms with van der Waals surface area (Å²) < 4.78 is 5.25. The maximum atomic E-state index is 11.6. The summed E-state index contributed by atoms with van der Waals surface area (Å²) >= 11 is 2.00. The molecule has 0 spiro atoms. The lowest BCUT2D eigenvalue weighted by atomic mass is 9.86. The molecule has 0 radical (unpaired) electrons. The summed E-state index contributed by atoms with van der Waals surface area (Å²) in [6.45, 7) is 2.12. The molecule has 0 bridgehead atoms. The third-order valence-electron chi connectivity index (χ3n) is 4.29. The van der Waals surface area contributed by atoms with Crippen LogP contribution in [0.4, 0.5) is 0 Å². The van der Waals surface area contributed by atoms with E-state index in [1.54, 1.807) is 0 Å². The van der Waals surface area contributed by atoms with E-state index in [1.807, 2.05) is 11.8 Å². The molecule has 3 nitrogen and oxygen atoms in total. The third kappa shape index (κ3) is 2.79. The van der Waals surface area contributed by atoms with E-state index >= 15 is 0 Å². The first-order valence-corrected chi connectivity index (χ1v) is 7.80. The Kier molecular flexibility index (Phi) is 4.36. The van der Waals surface area contributed by atoms with Gasteiger partial charge in [0.25, 0.3) is 0 Å². The molecule has 0 aromatic carbocycles. The van der Waals surface area contributed by atoms with Gasteiger partial charge in [-0.1, -0.05) is 19.3 Å². The van der Waals surface area contributed by atoms with Gasteiger partial charge in [-0.3, -0.25) is 9.69 Å². The molecular formula is C13H23NO2S. The number of hydrogen-bond acceptors (Lipinski definition) is 4. The minimum absolute atomic E-state index is 0.0333. The highest BCUT2D eigenvalue weighted by atomic mass is 32.2. The molecule has 1 saturated heterocycles. The zero-order chi connectivity index (χ0) is 12.3. The van der Waals surface area contributed by atoms with Crippen LogP contribution in [-0.4, -0.2) is 48.1 Å². The fourth-order valence-electron chi connectivity index (χ4n) is 3.03. The Hall–Kier alpha value is -0.220. The zero-order valence-corrected chi connectivity index (χ0v) is 11.7. The Morgan fingerprint density at radius 1 is 1.41 bits per heavy atom. The molecule has 2 rings (SSSR count). The average molecular weight is 257 g/mol. The van der Waals surface area contributed by atoms with E-state index in [9.17, 15) is 4.79 Å². The van der Waals surface area contributed by atoms with Gasteiger partial charge in [-0.25, -0.2) is 0 Å². The van der Waals surface area contributed by atoms with E-state index in [0.29, 0.717) is 4.75 Å². The number of thioether (sulfide) groups is 1. The zero-order valence-electron chi connectivity index (χ0n) is 10.9. The lowest BCUT2D eigenvalue weighted by Gasteiger charge is -2.46. The summed E-state index contributed by atoms with van der Waals surface area (Å²) in [5.74, 6) is -0.0525. The second-order valence-electron chi connectivity index (χ2n) is 5.25. The van der Waals surface area contributed by atoms with Crippen molar-refractivity contribution in [1.82, 2.24) is 4.90 Å². The van der Waals surface area contributed by atoms with Gasteiger partial charge in [-0.05, 0) is 25.5 Å². The molecule has 17 heavy (non-hydrogen) atoms. The molecule has 1 saturated carbocycles. The fourth-order valence-corrected chi connectivity index (χ4v) is 4.02. The fraction of sp³-hybridized carbons (Fsp3) is 0.923. The molecule has 1 aliphatic carbocycles. The minimum Gasteiger partial charge on any atom is -0.468 e. The van der Waals surface area contributed by atoms with Crippen LogP contribution < -0.4 is 0 Å². The van der Waals surface area contributed by atoms with Crippen LogP contribution in [0.2, 0.25) is 0 Å². The van der Waals surface area contributed by atoms with Crippen molar-refractivity contribution in [2.24, 2.45) is 0 Å². The summed E-state index contributed by atoms with van der Waals surface area (Å²) in [6, 6.07) is 0.0333. The van der Waals surface area contributed by atoms with Gasteiger partial charge in [0.05, 0.1) is 7.11 Å².